The van der Waals surface area contributed by atoms with E-state index in [0.29, 0.717) is 0 Å². The van der Waals surface area contributed by atoms with Crippen molar-refractivity contribution in [1.82, 2.24) is 0 Å². The molecule has 0 aromatic heterocycles. The maximum Gasteiger partial charge on any atom is 0.412 e. The normalized spacial score (nSPS) is 15.4. The van der Waals surface area contributed by atoms with Crippen LogP contribution in [0.15, 0.2) is 18.2 Å². The molecule has 0 fully saturated rings. The van der Waals surface area contributed by atoms with Gasteiger partial charge in [0.15, 0.2) is 0 Å². The molecule has 2 unspecified atom stereocenters. The Morgan fingerprint density at radius 2 is 1.47 bits per heavy atom. The van der Waals surface area contributed by atoms with Crippen LogP contribution in [-0.4, -0.2) is 20.0 Å². The summed E-state index contributed by atoms with van der Waals surface area (Å²) in [5, 5.41) is 0. The maximum absolute atomic E-state index is 7.11. The van der Waals surface area contributed by atoms with Crippen LogP contribution in [0.1, 0.15) is 125 Å². The lowest BCUT2D eigenvalue weighted by atomic mass is 9.80. The molecule has 186 valence electrons. The molecule has 0 spiro atoms. The van der Waals surface area contributed by atoms with Crippen LogP contribution in [0.25, 0.3) is 0 Å². The molecule has 0 saturated heterocycles. The van der Waals surface area contributed by atoms with Crippen LogP contribution >= 0.6 is 12.6 Å². The fraction of sp³-hybridized carbons (Fsp3) is 0.786. The van der Waals surface area contributed by atoms with Crippen molar-refractivity contribution >= 4 is 21.2 Å². The van der Waals surface area contributed by atoms with Crippen LogP contribution in [-0.2, 0) is 15.3 Å². The summed E-state index contributed by atoms with van der Waals surface area (Å²) in [4.78, 5) is 0.188. The quantitative estimate of drug-likeness (QED) is 0.162. The summed E-state index contributed by atoms with van der Waals surface area (Å²) >= 11 is 5.17. The van der Waals surface area contributed by atoms with Gasteiger partial charge in [0.1, 0.15) is 5.75 Å². The molecule has 0 aliphatic rings. The van der Waals surface area contributed by atoms with Crippen LogP contribution < -0.4 is 4.43 Å². The van der Waals surface area contributed by atoms with E-state index in [1.54, 1.807) is 0 Å². The lowest BCUT2D eigenvalue weighted by molar-refractivity contribution is 0.225. The third-order valence-electron chi connectivity index (χ3n) is 6.25. The van der Waals surface area contributed by atoms with Gasteiger partial charge in [0.2, 0.25) is 0 Å². The first-order valence-electron chi connectivity index (χ1n) is 13.1. The molecular weight excluding hydrogens is 428 g/mol. The minimum absolute atomic E-state index is 0.000780. The van der Waals surface area contributed by atoms with Gasteiger partial charge in [-0.1, -0.05) is 113 Å². The Labute approximate surface area is 206 Å². The van der Waals surface area contributed by atoms with Gasteiger partial charge in [-0.25, -0.2) is 0 Å². The van der Waals surface area contributed by atoms with Crippen molar-refractivity contribution in [3.63, 3.8) is 0 Å². The van der Waals surface area contributed by atoms with E-state index < -0.39 is 8.56 Å². The number of benzene rings is 1. The van der Waals surface area contributed by atoms with Gasteiger partial charge in [0.25, 0.3) is 0 Å². The van der Waals surface area contributed by atoms with Crippen molar-refractivity contribution in [1.29, 1.82) is 0 Å². The van der Waals surface area contributed by atoms with Gasteiger partial charge in [0, 0.05) is 12.7 Å². The van der Waals surface area contributed by atoms with Gasteiger partial charge in [-0.15, -0.1) is 0 Å². The molecule has 1 rings (SSSR count). The van der Waals surface area contributed by atoms with E-state index in [2.05, 4.69) is 80.5 Å². The van der Waals surface area contributed by atoms with E-state index in [4.69, 9.17) is 21.5 Å². The number of hydrogen-bond acceptors (Lipinski definition) is 3. The van der Waals surface area contributed by atoms with Crippen LogP contribution in [0.2, 0.25) is 6.04 Å². The molecule has 32 heavy (non-hydrogen) atoms. The van der Waals surface area contributed by atoms with Gasteiger partial charge in [-0.2, -0.15) is 12.6 Å². The van der Waals surface area contributed by atoms with Crippen molar-refractivity contribution in [3.8, 4) is 5.75 Å². The number of hydrogen-bond donors (Lipinski definition) is 1. The topological polar surface area (TPSA) is 18.5 Å². The second-order valence-corrected chi connectivity index (χ2v) is 15.9. The summed E-state index contributed by atoms with van der Waals surface area (Å²) in [6.45, 7) is 21.2. The standard InChI is InChI=1S/C28H52O2SSi/c1-10-13-16-17-26(31)32(21-15-12-3,29-20-14-11-2)30-25-19-18-23(27(4,5)6)22-24(25)28(7,8)9/h18-19,22,26,31H,10-17,20-21H2,1-9H3. The molecule has 0 N–H and O–H groups in total. The summed E-state index contributed by atoms with van der Waals surface area (Å²) < 4.78 is 13.9. The molecule has 0 heterocycles. The smallest absolute Gasteiger partial charge is 0.412 e. The first kappa shape index (κ1) is 29.6. The highest BCUT2D eigenvalue weighted by atomic mass is 32.1. The van der Waals surface area contributed by atoms with Crippen molar-refractivity contribution in [3.05, 3.63) is 29.3 Å². The fourth-order valence-corrected chi connectivity index (χ4v) is 8.41. The first-order chi connectivity index (χ1) is 14.9. The molecule has 0 aliphatic carbocycles. The first-order valence-corrected chi connectivity index (χ1v) is 15.7. The van der Waals surface area contributed by atoms with E-state index in [-0.39, 0.29) is 15.7 Å². The number of unbranched alkanes of at least 4 members (excludes halogenated alkanes) is 4. The Hall–Kier alpha value is -0.453. The highest BCUT2D eigenvalue weighted by Gasteiger charge is 2.46. The predicted octanol–water partition coefficient (Wildman–Crippen LogP) is 9.14. The highest BCUT2D eigenvalue weighted by Crippen LogP contribution is 2.39. The van der Waals surface area contributed by atoms with E-state index in [0.717, 1.165) is 50.5 Å². The third kappa shape index (κ3) is 9.06. The Bertz CT molecular complexity index is 662. The Morgan fingerprint density at radius 1 is 0.844 bits per heavy atom. The molecule has 2 nitrogen and oxygen atoms in total. The molecule has 4 heteroatoms. The Morgan fingerprint density at radius 3 is 2.00 bits per heavy atom. The lowest BCUT2D eigenvalue weighted by Gasteiger charge is -2.38. The van der Waals surface area contributed by atoms with Crippen molar-refractivity contribution in [2.45, 2.75) is 135 Å². The zero-order valence-corrected chi connectivity index (χ0v) is 24.5. The molecule has 1 aromatic carbocycles. The molecule has 0 amide bonds. The number of thiol groups is 1. The van der Waals surface area contributed by atoms with Crippen LogP contribution in [0.5, 0.6) is 5.75 Å². The van der Waals surface area contributed by atoms with Gasteiger partial charge in [-0.05, 0) is 40.9 Å². The molecule has 0 aliphatic heterocycles. The van der Waals surface area contributed by atoms with Crippen LogP contribution in [0, 0.1) is 0 Å². The Balaban J connectivity index is 3.45. The minimum Gasteiger partial charge on any atom is -0.519 e. The van der Waals surface area contributed by atoms with E-state index in [1.165, 1.54) is 30.4 Å². The second-order valence-electron chi connectivity index (χ2n) is 11.4. The maximum atomic E-state index is 7.11. The van der Waals surface area contributed by atoms with Gasteiger partial charge in [0.05, 0.1) is 4.87 Å². The Kier molecular flexibility index (Phi) is 12.4. The largest absolute Gasteiger partial charge is 0.519 e. The van der Waals surface area contributed by atoms with E-state index in [9.17, 15) is 0 Å². The molecule has 0 saturated carbocycles. The monoisotopic (exact) mass is 480 g/mol. The second kappa shape index (κ2) is 13.4. The zero-order chi connectivity index (χ0) is 24.4. The van der Waals surface area contributed by atoms with Gasteiger partial charge in [-0.3, -0.25) is 0 Å². The summed E-state index contributed by atoms with van der Waals surface area (Å²) in [5.41, 5.74) is 2.75. The molecule has 0 radical (unpaired) electrons. The average molecular weight is 481 g/mol. The minimum atomic E-state index is -2.56. The van der Waals surface area contributed by atoms with E-state index in [1.807, 2.05) is 0 Å². The summed E-state index contributed by atoms with van der Waals surface area (Å²) in [7, 11) is -2.56. The average Bonchev–Trinajstić information content (AvgIpc) is 2.70. The lowest BCUT2D eigenvalue weighted by Crippen LogP contribution is -2.54. The SMILES string of the molecule is CCCCCC(S)[Si](CCCC)(OCCCC)Oc1ccc(C(C)(C)C)cc1C(C)(C)C. The summed E-state index contributed by atoms with van der Waals surface area (Å²) in [6.07, 6.45) is 9.24. The number of rotatable bonds is 14. The molecule has 1 aromatic rings. The fourth-order valence-electron chi connectivity index (χ4n) is 3.96. The van der Waals surface area contributed by atoms with Crippen molar-refractivity contribution < 1.29 is 8.85 Å². The van der Waals surface area contributed by atoms with Gasteiger partial charge >= 0.3 is 8.56 Å². The zero-order valence-electron chi connectivity index (χ0n) is 22.6. The molecular formula is C28H52O2SSi. The summed E-state index contributed by atoms with van der Waals surface area (Å²) in [5.74, 6) is 1.01. The highest BCUT2D eigenvalue weighted by molar-refractivity contribution is 7.83. The predicted molar refractivity (Wildman–Crippen MR) is 148 cm³/mol. The van der Waals surface area contributed by atoms with Gasteiger partial charge < -0.3 is 8.85 Å². The summed E-state index contributed by atoms with van der Waals surface area (Å²) in [6, 6.07) is 7.84. The molecule has 0 bridgehead atoms. The van der Waals surface area contributed by atoms with Crippen molar-refractivity contribution in [2.75, 3.05) is 6.61 Å². The van der Waals surface area contributed by atoms with E-state index >= 15 is 0 Å². The third-order valence-corrected chi connectivity index (χ3v) is 11.3. The van der Waals surface area contributed by atoms with Crippen LogP contribution in [0.3, 0.4) is 0 Å². The molecule has 2 atom stereocenters. The van der Waals surface area contributed by atoms with Crippen molar-refractivity contribution in [2.24, 2.45) is 0 Å². The van der Waals surface area contributed by atoms with Crippen LogP contribution in [0.4, 0.5) is 0 Å².